The molecule has 0 unspecified atom stereocenters. The van der Waals surface area contributed by atoms with Gasteiger partial charge in [0.25, 0.3) is 0 Å². The zero-order valence-corrected chi connectivity index (χ0v) is 10.9. The van der Waals surface area contributed by atoms with Gasteiger partial charge >= 0.3 is 0 Å². The molecule has 1 heterocycles. The molecule has 0 aliphatic carbocycles. The van der Waals surface area contributed by atoms with Crippen molar-refractivity contribution >= 4 is 0 Å². The van der Waals surface area contributed by atoms with Crippen molar-refractivity contribution < 1.29 is 4.57 Å². The fourth-order valence-electron chi connectivity index (χ4n) is 1.91. The maximum absolute atomic E-state index is 3.93. The molecule has 88 valence electrons. The summed E-state index contributed by atoms with van der Waals surface area (Å²) in [5, 5.41) is 0. The van der Waals surface area contributed by atoms with E-state index in [1.54, 1.807) is 0 Å². The van der Waals surface area contributed by atoms with E-state index in [0.29, 0.717) is 0 Å². The number of allylic oxidation sites excluding steroid dienone is 1. The van der Waals surface area contributed by atoms with Gasteiger partial charge in [0.05, 0.1) is 0 Å². The van der Waals surface area contributed by atoms with E-state index in [1.807, 2.05) is 0 Å². The molecule has 0 atom stereocenters. The SMILES string of the molecule is C=C(C)CCCCCc1cccc(C)[n+]1C. The van der Waals surface area contributed by atoms with Crippen LogP contribution in [0, 0.1) is 6.92 Å². The number of nitrogens with zero attached hydrogens (tertiary/aromatic N) is 1. The zero-order valence-electron chi connectivity index (χ0n) is 10.9. The van der Waals surface area contributed by atoms with Crippen molar-refractivity contribution in [2.24, 2.45) is 7.05 Å². The van der Waals surface area contributed by atoms with Gasteiger partial charge in [0.1, 0.15) is 7.05 Å². The molecule has 0 aliphatic heterocycles. The number of unbranched alkanes of at least 4 members (excludes halogenated alkanes) is 2. The van der Waals surface area contributed by atoms with E-state index in [4.69, 9.17) is 0 Å². The van der Waals surface area contributed by atoms with Gasteiger partial charge in [0.15, 0.2) is 11.4 Å². The fourth-order valence-corrected chi connectivity index (χ4v) is 1.91. The summed E-state index contributed by atoms with van der Waals surface area (Å²) in [6, 6.07) is 6.54. The van der Waals surface area contributed by atoms with Crippen molar-refractivity contribution in [1.82, 2.24) is 0 Å². The second kappa shape index (κ2) is 6.47. The highest BCUT2D eigenvalue weighted by Gasteiger charge is 2.07. The Morgan fingerprint density at radius 3 is 2.69 bits per heavy atom. The van der Waals surface area contributed by atoms with Crippen LogP contribution in [0.25, 0.3) is 0 Å². The van der Waals surface area contributed by atoms with E-state index >= 15 is 0 Å². The van der Waals surface area contributed by atoms with Crippen LogP contribution >= 0.6 is 0 Å². The second-order valence-corrected chi connectivity index (χ2v) is 4.74. The van der Waals surface area contributed by atoms with Gasteiger partial charge in [-0.1, -0.05) is 12.0 Å². The molecule has 0 spiro atoms. The lowest BCUT2D eigenvalue weighted by atomic mass is 10.1. The molecule has 1 aromatic heterocycles. The molecule has 0 fully saturated rings. The predicted octanol–water partition coefficient (Wildman–Crippen LogP) is 3.50. The van der Waals surface area contributed by atoms with E-state index < -0.39 is 0 Å². The van der Waals surface area contributed by atoms with E-state index in [1.165, 1.54) is 49.1 Å². The first-order valence-electron chi connectivity index (χ1n) is 6.20. The molecule has 1 rings (SSSR count). The Morgan fingerprint density at radius 2 is 2.00 bits per heavy atom. The lowest BCUT2D eigenvalue weighted by Gasteiger charge is -2.02. The minimum absolute atomic E-state index is 1.18. The summed E-state index contributed by atoms with van der Waals surface area (Å²) in [4.78, 5) is 0. The van der Waals surface area contributed by atoms with E-state index in [0.717, 1.165) is 0 Å². The molecule has 0 bridgehead atoms. The zero-order chi connectivity index (χ0) is 12.0. The molecule has 0 saturated carbocycles. The summed E-state index contributed by atoms with van der Waals surface area (Å²) in [6.07, 6.45) is 6.24. The first-order chi connectivity index (χ1) is 7.61. The summed E-state index contributed by atoms with van der Waals surface area (Å²) in [6.45, 7) is 8.20. The normalized spacial score (nSPS) is 10.4. The van der Waals surface area contributed by atoms with E-state index in [9.17, 15) is 0 Å². The van der Waals surface area contributed by atoms with Crippen molar-refractivity contribution in [2.45, 2.75) is 46.0 Å². The summed E-state index contributed by atoms with van der Waals surface area (Å²) >= 11 is 0. The van der Waals surface area contributed by atoms with Crippen molar-refractivity contribution in [1.29, 1.82) is 0 Å². The Balaban J connectivity index is 2.32. The molecule has 0 radical (unpaired) electrons. The minimum atomic E-state index is 1.18. The van der Waals surface area contributed by atoms with Gasteiger partial charge in [-0.3, -0.25) is 0 Å². The summed E-state index contributed by atoms with van der Waals surface area (Å²) in [5.74, 6) is 0. The Kier molecular flexibility index (Phi) is 5.24. The highest BCUT2D eigenvalue weighted by atomic mass is 14.9. The van der Waals surface area contributed by atoms with Crippen molar-refractivity contribution in [3.63, 3.8) is 0 Å². The average molecular weight is 218 g/mol. The molecule has 0 N–H and O–H groups in total. The van der Waals surface area contributed by atoms with Crippen molar-refractivity contribution in [3.05, 3.63) is 41.7 Å². The third-order valence-electron chi connectivity index (χ3n) is 3.12. The third-order valence-corrected chi connectivity index (χ3v) is 3.12. The van der Waals surface area contributed by atoms with Gasteiger partial charge < -0.3 is 0 Å². The van der Waals surface area contributed by atoms with E-state index in [2.05, 4.69) is 50.2 Å². The maximum Gasteiger partial charge on any atom is 0.181 e. The van der Waals surface area contributed by atoms with Gasteiger partial charge in [0, 0.05) is 25.5 Å². The average Bonchev–Trinajstić information content (AvgIpc) is 2.23. The molecule has 0 aromatic carbocycles. The number of aromatic nitrogens is 1. The van der Waals surface area contributed by atoms with Crippen LogP contribution in [0.15, 0.2) is 30.4 Å². The van der Waals surface area contributed by atoms with Gasteiger partial charge in [-0.05, 0) is 32.3 Å². The monoisotopic (exact) mass is 218 g/mol. The lowest BCUT2D eigenvalue weighted by molar-refractivity contribution is -0.685. The van der Waals surface area contributed by atoms with Gasteiger partial charge in [-0.15, -0.1) is 6.58 Å². The van der Waals surface area contributed by atoms with Crippen LogP contribution in [0.2, 0.25) is 0 Å². The smallest absolute Gasteiger partial charge is 0.181 e. The second-order valence-electron chi connectivity index (χ2n) is 4.74. The summed E-state index contributed by atoms with van der Waals surface area (Å²) < 4.78 is 2.29. The predicted molar refractivity (Wildman–Crippen MR) is 69.3 cm³/mol. The maximum atomic E-state index is 3.93. The molecular formula is C15H24N+. The van der Waals surface area contributed by atoms with Gasteiger partial charge in [0.2, 0.25) is 0 Å². The highest BCUT2D eigenvalue weighted by molar-refractivity contribution is 5.02. The number of aryl methyl sites for hydroxylation is 2. The number of hydrogen-bond donors (Lipinski definition) is 0. The van der Waals surface area contributed by atoms with Crippen LogP contribution in [0.5, 0.6) is 0 Å². The third kappa shape index (κ3) is 4.18. The lowest BCUT2D eigenvalue weighted by Crippen LogP contribution is -2.36. The molecule has 0 amide bonds. The Labute approximate surface area is 99.8 Å². The standard InChI is InChI=1S/C15H24N/c1-13(2)9-6-5-7-11-15-12-8-10-14(3)16(15)4/h8,10,12H,1,5-7,9,11H2,2-4H3/q+1. The molecule has 1 aromatic rings. The van der Waals surface area contributed by atoms with Crippen LogP contribution in [-0.4, -0.2) is 0 Å². The van der Waals surface area contributed by atoms with Gasteiger partial charge in [-0.25, -0.2) is 4.57 Å². The number of hydrogen-bond acceptors (Lipinski definition) is 0. The summed E-state index contributed by atoms with van der Waals surface area (Å²) in [7, 11) is 2.15. The topological polar surface area (TPSA) is 3.88 Å². The molecule has 0 aliphatic rings. The van der Waals surface area contributed by atoms with Crippen LogP contribution in [0.1, 0.15) is 44.0 Å². The van der Waals surface area contributed by atoms with Gasteiger partial charge in [-0.2, -0.15) is 0 Å². The van der Waals surface area contributed by atoms with Crippen LogP contribution in [-0.2, 0) is 13.5 Å². The van der Waals surface area contributed by atoms with Crippen LogP contribution < -0.4 is 4.57 Å². The fraction of sp³-hybridized carbons (Fsp3) is 0.533. The Hall–Kier alpha value is -1.11. The Bertz CT molecular complexity index is 352. The van der Waals surface area contributed by atoms with Crippen molar-refractivity contribution in [3.8, 4) is 0 Å². The van der Waals surface area contributed by atoms with Crippen molar-refractivity contribution in [2.75, 3.05) is 0 Å². The van der Waals surface area contributed by atoms with Crippen LogP contribution in [0.4, 0.5) is 0 Å². The minimum Gasteiger partial charge on any atom is -0.203 e. The molecule has 1 nitrogen and oxygen atoms in total. The molecule has 1 heteroatoms. The first kappa shape index (κ1) is 13.0. The Morgan fingerprint density at radius 1 is 1.25 bits per heavy atom. The highest BCUT2D eigenvalue weighted by Crippen LogP contribution is 2.08. The largest absolute Gasteiger partial charge is 0.203 e. The molecule has 0 saturated heterocycles. The summed E-state index contributed by atoms with van der Waals surface area (Å²) in [5.41, 5.74) is 4.08. The number of pyridine rings is 1. The van der Waals surface area contributed by atoms with E-state index in [-0.39, 0.29) is 0 Å². The number of rotatable bonds is 6. The quantitative estimate of drug-likeness (QED) is 0.391. The molecular weight excluding hydrogens is 194 g/mol. The molecule has 16 heavy (non-hydrogen) atoms. The van der Waals surface area contributed by atoms with Crippen LogP contribution in [0.3, 0.4) is 0 Å². The first-order valence-corrected chi connectivity index (χ1v) is 6.20.